The van der Waals surface area contributed by atoms with Crippen molar-refractivity contribution >= 4 is 18.3 Å². The zero-order valence-electron chi connectivity index (χ0n) is 12.6. The zero-order chi connectivity index (χ0) is 14.6. The van der Waals surface area contributed by atoms with Gasteiger partial charge in [-0.3, -0.25) is 4.79 Å². The first-order valence-corrected chi connectivity index (χ1v) is 7.26. The highest BCUT2D eigenvalue weighted by molar-refractivity contribution is 5.87. The van der Waals surface area contributed by atoms with Crippen LogP contribution in [0.2, 0.25) is 0 Å². The highest BCUT2D eigenvalue weighted by Crippen LogP contribution is 2.26. The maximum atomic E-state index is 13.9. The lowest BCUT2D eigenvalue weighted by Crippen LogP contribution is -2.44. The van der Waals surface area contributed by atoms with Crippen molar-refractivity contribution < 1.29 is 9.18 Å². The van der Waals surface area contributed by atoms with Crippen molar-refractivity contribution in [3.63, 3.8) is 0 Å². The first kappa shape index (κ1) is 17.9. The Kier molecular flexibility index (Phi) is 6.62. The van der Waals surface area contributed by atoms with Crippen LogP contribution >= 0.6 is 12.4 Å². The van der Waals surface area contributed by atoms with Crippen LogP contribution in [-0.4, -0.2) is 25.5 Å². The summed E-state index contributed by atoms with van der Waals surface area (Å²) in [7, 11) is 0. The number of rotatable bonds is 4. The number of amides is 1. The number of carbonyl (C=O) groups is 1. The van der Waals surface area contributed by atoms with Crippen LogP contribution in [0.1, 0.15) is 32.3 Å². The molecule has 0 aliphatic carbocycles. The average Bonchev–Trinajstić information content (AvgIpc) is 2.46. The summed E-state index contributed by atoms with van der Waals surface area (Å²) in [6.07, 6.45) is 2.28. The van der Waals surface area contributed by atoms with E-state index >= 15 is 0 Å². The Morgan fingerprint density at radius 3 is 2.76 bits per heavy atom. The fraction of sp³-hybridized carbons (Fsp3) is 0.562. The molecule has 0 saturated carbocycles. The first-order chi connectivity index (χ1) is 9.51. The minimum Gasteiger partial charge on any atom is -0.355 e. The van der Waals surface area contributed by atoms with Crippen molar-refractivity contribution in [3.05, 3.63) is 35.6 Å². The van der Waals surface area contributed by atoms with Gasteiger partial charge in [0.2, 0.25) is 5.91 Å². The smallest absolute Gasteiger partial charge is 0.230 e. The molecule has 1 fully saturated rings. The molecule has 1 aliphatic heterocycles. The number of halogens is 2. The number of hydrogen-bond donors (Lipinski definition) is 2. The fourth-order valence-electron chi connectivity index (χ4n) is 2.65. The Balaban J connectivity index is 0.00000220. The van der Waals surface area contributed by atoms with Crippen LogP contribution in [0.3, 0.4) is 0 Å². The maximum absolute atomic E-state index is 13.9. The maximum Gasteiger partial charge on any atom is 0.230 e. The zero-order valence-corrected chi connectivity index (χ0v) is 13.4. The molecule has 1 aliphatic rings. The molecular formula is C16H24ClFN2O. The lowest BCUT2D eigenvalue weighted by atomic mass is 9.83. The molecule has 0 bridgehead atoms. The van der Waals surface area contributed by atoms with Crippen LogP contribution in [0.4, 0.5) is 4.39 Å². The van der Waals surface area contributed by atoms with E-state index in [1.807, 2.05) is 0 Å². The summed E-state index contributed by atoms with van der Waals surface area (Å²) in [6.45, 7) is 6.19. The van der Waals surface area contributed by atoms with E-state index in [1.165, 1.54) is 6.07 Å². The normalized spacial score (nSPS) is 18.7. The SMILES string of the molecule is CC(C)(C(=O)NCC1CCCNC1)c1ccccc1F.Cl. The molecule has 118 valence electrons. The number of benzene rings is 1. The van der Waals surface area contributed by atoms with Crippen molar-refractivity contribution in [2.24, 2.45) is 5.92 Å². The lowest BCUT2D eigenvalue weighted by molar-refractivity contribution is -0.126. The summed E-state index contributed by atoms with van der Waals surface area (Å²) < 4.78 is 13.9. The van der Waals surface area contributed by atoms with E-state index in [0.717, 1.165) is 25.9 Å². The molecule has 5 heteroatoms. The molecule has 1 atom stereocenters. The van der Waals surface area contributed by atoms with E-state index in [4.69, 9.17) is 0 Å². The van der Waals surface area contributed by atoms with Crippen molar-refractivity contribution in [2.75, 3.05) is 19.6 Å². The van der Waals surface area contributed by atoms with Crippen LogP contribution in [0.5, 0.6) is 0 Å². The van der Waals surface area contributed by atoms with Crippen molar-refractivity contribution in [2.45, 2.75) is 32.1 Å². The molecule has 3 nitrogen and oxygen atoms in total. The van der Waals surface area contributed by atoms with Gasteiger partial charge in [0, 0.05) is 12.1 Å². The van der Waals surface area contributed by atoms with Crippen LogP contribution in [0.25, 0.3) is 0 Å². The van der Waals surface area contributed by atoms with Gasteiger partial charge in [0.25, 0.3) is 0 Å². The predicted molar refractivity (Wildman–Crippen MR) is 85.3 cm³/mol. The second-order valence-corrected chi connectivity index (χ2v) is 6.03. The molecule has 2 rings (SSSR count). The largest absolute Gasteiger partial charge is 0.355 e. The average molecular weight is 315 g/mol. The topological polar surface area (TPSA) is 41.1 Å². The third kappa shape index (κ3) is 4.42. The summed E-state index contributed by atoms with van der Waals surface area (Å²) in [6, 6.07) is 6.48. The Morgan fingerprint density at radius 1 is 1.43 bits per heavy atom. The third-order valence-corrected chi connectivity index (χ3v) is 4.07. The third-order valence-electron chi connectivity index (χ3n) is 4.07. The Labute approximate surface area is 132 Å². The number of piperidine rings is 1. The van der Waals surface area contributed by atoms with E-state index in [1.54, 1.807) is 32.0 Å². The fourth-order valence-corrected chi connectivity index (χ4v) is 2.65. The summed E-state index contributed by atoms with van der Waals surface area (Å²) in [5.74, 6) is 0.0317. The molecule has 1 amide bonds. The van der Waals surface area contributed by atoms with E-state index in [-0.39, 0.29) is 24.1 Å². The number of carbonyl (C=O) groups excluding carboxylic acids is 1. The summed E-state index contributed by atoms with van der Waals surface area (Å²) in [4.78, 5) is 12.4. The quantitative estimate of drug-likeness (QED) is 0.897. The van der Waals surface area contributed by atoms with Crippen LogP contribution in [0, 0.1) is 11.7 Å². The molecule has 2 N–H and O–H groups in total. The summed E-state index contributed by atoms with van der Waals surface area (Å²) in [5.41, 5.74) is -0.410. The molecule has 1 aromatic rings. The van der Waals surface area contributed by atoms with Crippen molar-refractivity contribution in [1.29, 1.82) is 0 Å². The number of hydrogen-bond acceptors (Lipinski definition) is 2. The molecule has 0 radical (unpaired) electrons. The molecule has 1 unspecified atom stereocenters. The second kappa shape index (κ2) is 7.76. The van der Waals surface area contributed by atoms with Gasteiger partial charge in [0.1, 0.15) is 5.82 Å². The van der Waals surface area contributed by atoms with Gasteiger partial charge in [0.15, 0.2) is 0 Å². The van der Waals surface area contributed by atoms with Gasteiger partial charge in [0.05, 0.1) is 5.41 Å². The van der Waals surface area contributed by atoms with Gasteiger partial charge >= 0.3 is 0 Å². The van der Waals surface area contributed by atoms with Gasteiger partial charge in [-0.05, 0) is 51.8 Å². The van der Waals surface area contributed by atoms with E-state index < -0.39 is 5.41 Å². The van der Waals surface area contributed by atoms with Crippen LogP contribution in [0.15, 0.2) is 24.3 Å². The Morgan fingerprint density at radius 2 is 2.14 bits per heavy atom. The van der Waals surface area contributed by atoms with Gasteiger partial charge in [-0.15, -0.1) is 12.4 Å². The van der Waals surface area contributed by atoms with Crippen LogP contribution < -0.4 is 10.6 Å². The van der Waals surface area contributed by atoms with Gasteiger partial charge in [-0.2, -0.15) is 0 Å². The van der Waals surface area contributed by atoms with Gasteiger partial charge in [-0.1, -0.05) is 18.2 Å². The Hall–Kier alpha value is -1.13. The minimum atomic E-state index is -0.854. The van der Waals surface area contributed by atoms with E-state index in [0.29, 0.717) is 18.0 Å². The van der Waals surface area contributed by atoms with Crippen LogP contribution in [-0.2, 0) is 10.2 Å². The molecule has 21 heavy (non-hydrogen) atoms. The molecular weight excluding hydrogens is 291 g/mol. The second-order valence-electron chi connectivity index (χ2n) is 6.03. The predicted octanol–water partition coefficient (Wildman–Crippen LogP) is 2.64. The lowest BCUT2D eigenvalue weighted by Gasteiger charge is -2.28. The molecule has 1 aromatic carbocycles. The molecule has 1 heterocycles. The highest BCUT2D eigenvalue weighted by atomic mass is 35.5. The van der Waals surface area contributed by atoms with Crippen molar-refractivity contribution in [1.82, 2.24) is 10.6 Å². The van der Waals surface area contributed by atoms with E-state index in [9.17, 15) is 9.18 Å². The molecule has 0 aromatic heterocycles. The first-order valence-electron chi connectivity index (χ1n) is 7.26. The monoisotopic (exact) mass is 314 g/mol. The number of nitrogens with one attached hydrogen (secondary N) is 2. The standard InChI is InChI=1S/C16H23FN2O.ClH/c1-16(2,13-7-3-4-8-14(13)17)15(20)19-11-12-6-5-9-18-10-12;/h3-4,7-8,12,18H,5-6,9-11H2,1-2H3,(H,19,20);1H. The van der Waals surface area contributed by atoms with E-state index in [2.05, 4.69) is 10.6 Å². The highest BCUT2D eigenvalue weighted by Gasteiger charge is 2.32. The minimum absolute atomic E-state index is 0. The van der Waals surface area contributed by atoms with Crippen molar-refractivity contribution in [3.8, 4) is 0 Å². The molecule has 1 saturated heterocycles. The van der Waals surface area contributed by atoms with Gasteiger partial charge < -0.3 is 10.6 Å². The summed E-state index contributed by atoms with van der Waals surface area (Å²) >= 11 is 0. The summed E-state index contributed by atoms with van der Waals surface area (Å²) in [5, 5.41) is 6.30. The Bertz CT molecular complexity index is 473. The van der Waals surface area contributed by atoms with Gasteiger partial charge in [-0.25, -0.2) is 4.39 Å². The molecule has 0 spiro atoms.